The Hall–Kier alpha value is -2.57. The van der Waals surface area contributed by atoms with E-state index in [9.17, 15) is 5.11 Å². The van der Waals surface area contributed by atoms with Crippen LogP contribution in [-0.4, -0.2) is 33.8 Å². The number of ether oxygens (including phenoxy) is 1. The fourth-order valence-electron chi connectivity index (χ4n) is 3.39. The number of rotatable bonds is 5. The highest BCUT2D eigenvalue weighted by Gasteiger charge is 2.23. The van der Waals surface area contributed by atoms with Gasteiger partial charge in [0.1, 0.15) is 29.7 Å². The highest BCUT2D eigenvalue weighted by molar-refractivity contribution is 6.32. The smallest absolute Gasteiger partial charge is 0.145 e. The van der Waals surface area contributed by atoms with Crippen molar-refractivity contribution in [1.29, 1.82) is 0 Å². The van der Waals surface area contributed by atoms with Crippen LogP contribution < -0.4 is 15.4 Å². The molecule has 2 heterocycles. The Balaban J connectivity index is 1.69. The van der Waals surface area contributed by atoms with Gasteiger partial charge in [0, 0.05) is 11.7 Å². The van der Waals surface area contributed by atoms with E-state index in [1.165, 1.54) is 12.7 Å². The van der Waals surface area contributed by atoms with Crippen molar-refractivity contribution in [2.45, 2.75) is 31.9 Å². The Morgan fingerprint density at radius 3 is 2.96 bits per heavy atom. The van der Waals surface area contributed by atoms with E-state index in [0.717, 1.165) is 35.3 Å². The first kappa shape index (κ1) is 17.8. The number of fused-ring (bicyclic) bond motifs is 1. The maximum absolute atomic E-state index is 9.62. The second kappa shape index (κ2) is 7.58. The molecule has 0 spiro atoms. The number of aromatic hydroxyl groups is 1. The van der Waals surface area contributed by atoms with Crippen LogP contribution in [0.4, 0.5) is 11.5 Å². The molecular weight excluding hydrogens is 364 g/mol. The third kappa shape index (κ3) is 3.77. The highest BCUT2D eigenvalue weighted by Crippen LogP contribution is 2.34. The van der Waals surface area contributed by atoms with Crippen LogP contribution in [0.15, 0.2) is 42.7 Å². The lowest BCUT2D eigenvalue weighted by atomic mass is 10.1. The number of hydrogen-bond donors (Lipinski definition) is 3. The molecule has 0 unspecified atom stereocenters. The molecule has 4 rings (SSSR count). The molecule has 0 saturated carbocycles. The van der Waals surface area contributed by atoms with Crippen LogP contribution in [0.2, 0.25) is 5.02 Å². The van der Waals surface area contributed by atoms with Crippen molar-refractivity contribution >= 4 is 34.0 Å². The number of phenols is 1. The molecule has 3 N–H and O–H groups in total. The van der Waals surface area contributed by atoms with Crippen molar-refractivity contribution in [3.63, 3.8) is 0 Å². The average molecular weight is 385 g/mol. The molecule has 7 heteroatoms. The summed E-state index contributed by atoms with van der Waals surface area (Å²) >= 11 is 6.02. The van der Waals surface area contributed by atoms with Gasteiger partial charge in [-0.15, -0.1) is 0 Å². The number of hydrogen-bond acceptors (Lipinski definition) is 6. The third-order valence-corrected chi connectivity index (χ3v) is 5.12. The van der Waals surface area contributed by atoms with E-state index in [1.54, 1.807) is 18.2 Å². The first-order valence-corrected chi connectivity index (χ1v) is 9.39. The second-order valence-corrected chi connectivity index (χ2v) is 7.10. The molecule has 2 atom stereocenters. The summed E-state index contributed by atoms with van der Waals surface area (Å²) in [4.78, 5) is 8.76. The molecule has 0 radical (unpaired) electrons. The zero-order valence-electron chi connectivity index (χ0n) is 14.9. The van der Waals surface area contributed by atoms with Gasteiger partial charge in [-0.3, -0.25) is 0 Å². The van der Waals surface area contributed by atoms with Crippen molar-refractivity contribution in [2.24, 2.45) is 0 Å². The highest BCUT2D eigenvalue weighted by atomic mass is 35.5. The Morgan fingerprint density at radius 1 is 1.30 bits per heavy atom. The Labute approximate surface area is 162 Å². The zero-order chi connectivity index (χ0) is 18.8. The molecule has 27 heavy (non-hydrogen) atoms. The van der Waals surface area contributed by atoms with Crippen LogP contribution in [-0.2, 0) is 0 Å². The van der Waals surface area contributed by atoms with Gasteiger partial charge in [0.05, 0.1) is 15.9 Å². The number of benzene rings is 2. The number of aromatic nitrogens is 2. The predicted octanol–water partition coefficient (Wildman–Crippen LogP) is 4.25. The summed E-state index contributed by atoms with van der Waals surface area (Å²) in [5.41, 5.74) is 1.51. The summed E-state index contributed by atoms with van der Waals surface area (Å²) in [7, 11) is 0. The molecule has 0 bridgehead atoms. The van der Waals surface area contributed by atoms with Crippen LogP contribution >= 0.6 is 11.6 Å². The summed E-state index contributed by atoms with van der Waals surface area (Å²) in [6.45, 7) is 3.11. The molecule has 1 fully saturated rings. The second-order valence-electron chi connectivity index (χ2n) is 6.69. The van der Waals surface area contributed by atoms with E-state index < -0.39 is 0 Å². The molecule has 6 nitrogen and oxygen atoms in total. The topological polar surface area (TPSA) is 79.3 Å². The van der Waals surface area contributed by atoms with Crippen molar-refractivity contribution in [3.05, 3.63) is 47.7 Å². The first-order chi connectivity index (χ1) is 13.1. The van der Waals surface area contributed by atoms with Gasteiger partial charge >= 0.3 is 0 Å². The summed E-state index contributed by atoms with van der Waals surface area (Å²) in [6.07, 6.45) is 3.83. The van der Waals surface area contributed by atoms with Crippen LogP contribution in [0.1, 0.15) is 19.8 Å². The maximum atomic E-state index is 9.62. The van der Waals surface area contributed by atoms with E-state index in [2.05, 4.69) is 27.5 Å². The minimum Gasteiger partial charge on any atom is -0.506 e. The average Bonchev–Trinajstić information content (AvgIpc) is 3.20. The van der Waals surface area contributed by atoms with E-state index in [-0.39, 0.29) is 16.9 Å². The SMILES string of the molecule is C[C@H](Oc1cccc2ncnc(Nc3ccc(O)c(Cl)c3)c12)[C@H]1CCCN1. The Bertz CT molecular complexity index is 955. The molecule has 1 aliphatic rings. The van der Waals surface area contributed by atoms with E-state index in [0.29, 0.717) is 11.9 Å². The molecule has 140 valence electrons. The van der Waals surface area contributed by atoms with Gasteiger partial charge in [-0.25, -0.2) is 9.97 Å². The maximum Gasteiger partial charge on any atom is 0.145 e. The zero-order valence-corrected chi connectivity index (χ0v) is 15.7. The van der Waals surface area contributed by atoms with Crippen molar-refractivity contribution in [3.8, 4) is 11.5 Å². The van der Waals surface area contributed by atoms with Gasteiger partial charge in [0.15, 0.2) is 0 Å². The summed E-state index contributed by atoms with van der Waals surface area (Å²) in [5.74, 6) is 1.40. The summed E-state index contributed by atoms with van der Waals surface area (Å²) in [6, 6.07) is 11.1. The number of nitrogens with one attached hydrogen (secondary N) is 2. The molecule has 2 aromatic carbocycles. The summed E-state index contributed by atoms with van der Waals surface area (Å²) < 4.78 is 6.28. The van der Waals surface area contributed by atoms with E-state index >= 15 is 0 Å². The van der Waals surface area contributed by atoms with Gasteiger partial charge in [-0.05, 0) is 56.6 Å². The van der Waals surface area contributed by atoms with Crippen LogP contribution in [0.25, 0.3) is 10.9 Å². The van der Waals surface area contributed by atoms with E-state index in [1.807, 2.05) is 18.2 Å². The third-order valence-electron chi connectivity index (χ3n) is 4.81. The van der Waals surface area contributed by atoms with Gasteiger partial charge < -0.3 is 20.5 Å². The van der Waals surface area contributed by atoms with Crippen LogP contribution in [0, 0.1) is 0 Å². The van der Waals surface area contributed by atoms with Gasteiger partial charge in [-0.2, -0.15) is 0 Å². The van der Waals surface area contributed by atoms with Crippen LogP contribution in [0.5, 0.6) is 11.5 Å². The standard InChI is InChI=1S/C20H21ClN4O2/c1-12(15-5-3-9-22-15)27-18-6-2-4-16-19(18)20(24-11-23-16)25-13-7-8-17(26)14(21)10-13/h2,4,6-8,10-12,15,22,26H,3,5,9H2,1H3,(H,23,24,25)/t12-,15+/m0/s1. The fraction of sp³-hybridized carbons (Fsp3) is 0.300. The lowest BCUT2D eigenvalue weighted by Gasteiger charge is -2.22. The molecule has 1 aliphatic heterocycles. The van der Waals surface area contributed by atoms with E-state index in [4.69, 9.17) is 16.3 Å². The fourth-order valence-corrected chi connectivity index (χ4v) is 3.57. The van der Waals surface area contributed by atoms with Crippen molar-refractivity contribution < 1.29 is 9.84 Å². The number of phenolic OH excluding ortho intramolecular Hbond substituents is 1. The normalized spacial score (nSPS) is 17.8. The monoisotopic (exact) mass is 384 g/mol. The molecule has 0 amide bonds. The minimum absolute atomic E-state index is 0.0364. The van der Waals surface area contributed by atoms with Gasteiger partial charge in [-0.1, -0.05) is 17.7 Å². The largest absolute Gasteiger partial charge is 0.506 e. The Morgan fingerprint density at radius 2 is 2.19 bits per heavy atom. The van der Waals surface area contributed by atoms with Crippen LogP contribution in [0.3, 0.4) is 0 Å². The predicted molar refractivity (Wildman–Crippen MR) is 107 cm³/mol. The Kier molecular flexibility index (Phi) is 5.01. The van der Waals surface area contributed by atoms with Crippen molar-refractivity contribution in [2.75, 3.05) is 11.9 Å². The lowest BCUT2D eigenvalue weighted by Crippen LogP contribution is -2.36. The molecular formula is C20H21ClN4O2. The molecule has 3 aromatic rings. The quantitative estimate of drug-likeness (QED) is 0.570. The number of anilines is 2. The summed E-state index contributed by atoms with van der Waals surface area (Å²) in [5, 5.41) is 17.4. The minimum atomic E-state index is 0.0364. The van der Waals surface area contributed by atoms with Crippen molar-refractivity contribution in [1.82, 2.24) is 15.3 Å². The molecule has 0 aliphatic carbocycles. The van der Waals surface area contributed by atoms with Gasteiger partial charge in [0.25, 0.3) is 0 Å². The molecule has 1 saturated heterocycles. The molecule has 1 aromatic heterocycles. The number of nitrogens with zero attached hydrogens (tertiary/aromatic N) is 2. The van der Waals surface area contributed by atoms with Gasteiger partial charge in [0.2, 0.25) is 0 Å². The number of halogens is 1. The lowest BCUT2D eigenvalue weighted by molar-refractivity contribution is 0.182. The first-order valence-electron chi connectivity index (χ1n) is 9.01.